The molecule has 0 spiro atoms. The van der Waals surface area contributed by atoms with E-state index in [2.05, 4.69) is 0 Å². The SMILES string of the molecule is COC1=CC(=O)N2CCCCC12. The van der Waals surface area contributed by atoms with E-state index < -0.39 is 0 Å². The van der Waals surface area contributed by atoms with E-state index in [1.54, 1.807) is 13.2 Å². The highest BCUT2D eigenvalue weighted by molar-refractivity contribution is 5.91. The van der Waals surface area contributed by atoms with E-state index in [-0.39, 0.29) is 11.9 Å². The van der Waals surface area contributed by atoms with Crippen molar-refractivity contribution >= 4 is 5.91 Å². The van der Waals surface area contributed by atoms with Gasteiger partial charge in [-0.25, -0.2) is 0 Å². The predicted octanol–water partition coefficient (Wildman–Crippen LogP) is 0.911. The second-order valence-electron chi connectivity index (χ2n) is 3.29. The first-order chi connectivity index (χ1) is 5.83. The van der Waals surface area contributed by atoms with Crippen LogP contribution in [0.3, 0.4) is 0 Å². The number of fused-ring (bicyclic) bond motifs is 1. The first-order valence-corrected chi connectivity index (χ1v) is 4.39. The lowest BCUT2D eigenvalue weighted by molar-refractivity contribution is -0.127. The summed E-state index contributed by atoms with van der Waals surface area (Å²) >= 11 is 0. The fraction of sp³-hybridized carbons (Fsp3) is 0.667. The van der Waals surface area contributed by atoms with Crippen molar-refractivity contribution in [2.75, 3.05) is 13.7 Å². The Bertz CT molecular complexity index is 235. The summed E-state index contributed by atoms with van der Waals surface area (Å²) in [6, 6.07) is 0.247. The van der Waals surface area contributed by atoms with Crippen LogP contribution in [-0.4, -0.2) is 30.5 Å². The summed E-state index contributed by atoms with van der Waals surface area (Å²) in [5.74, 6) is 0.969. The third-order valence-corrected chi connectivity index (χ3v) is 2.62. The number of methoxy groups -OCH3 is 1. The zero-order chi connectivity index (χ0) is 8.55. The van der Waals surface area contributed by atoms with Gasteiger partial charge in [-0.1, -0.05) is 0 Å². The second kappa shape index (κ2) is 2.81. The van der Waals surface area contributed by atoms with Crippen molar-refractivity contribution in [3.05, 3.63) is 11.8 Å². The lowest BCUT2D eigenvalue weighted by atomic mass is 10.0. The summed E-state index contributed by atoms with van der Waals surface area (Å²) in [5, 5.41) is 0. The molecule has 0 aromatic rings. The van der Waals surface area contributed by atoms with E-state index in [0.717, 1.165) is 25.1 Å². The molecule has 0 N–H and O–H groups in total. The maximum Gasteiger partial charge on any atom is 0.250 e. The highest BCUT2D eigenvalue weighted by atomic mass is 16.5. The second-order valence-corrected chi connectivity index (χ2v) is 3.29. The molecule has 1 unspecified atom stereocenters. The van der Waals surface area contributed by atoms with Crippen LogP contribution in [0.1, 0.15) is 19.3 Å². The minimum atomic E-state index is 0.122. The minimum Gasteiger partial charge on any atom is -0.499 e. The summed E-state index contributed by atoms with van der Waals surface area (Å²) in [6.45, 7) is 0.896. The molecule has 2 aliphatic heterocycles. The fourth-order valence-corrected chi connectivity index (χ4v) is 1.99. The molecule has 66 valence electrons. The van der Waals surface area contributed by atoms with Crippen molar-refractivity contribution in [2.24, 2.45) is 0 Å². The van der Waals surface area contributed by atoms with Crippen LogP contribution in [0.15, 0.2) is 11.8 Å². The highest BCUT2D eigenvalue weighted by Gasteiger charge is 2.34. The van der Waals surface area contributed by atoms with Crippen molar-refractivity contribution in [1.29, 1.82) is 0 Å². The molecule has 3 heteroatoms. The standard InChI is InChI=1S/C9H13NO2/c1-12-8-6-9(11)10-5-3-2-4-7(8)10/h6-7H,2-5H2,1H3. The van der Waals surface area contributed by atoms with Crippen LogP contribution in [0.4, 0.5) is 0 Å². The zero-order valence-electron chi connectivity index (χ0n) is 7.25. The van der Waals surface area contributed by atoms with E-state index >= 15 is 0 Å². The number of carbonyl (C=O) groups is 1. The molecule has 2 heterocycles. The van der Waals surface area contributed by atoms with Crippen LogP contribution >= 0.6 is 0 Å². The smallest absolute Gasteiger partial charge is 0.250 e. The van der Waals surface area contributed by atoms with Gasteiger partial charge in [0.25, 0.3) is 5.91 Å². The van der Waals surface area contributed by atoms with Crippen LogP contribution < -0.4 is 0 Å². The maximum atomic E-state index is 11.3. The normalized spacial score (nSPS) is 28.4. The van der Waals surface area contributed by atoms with E-state index in [1.165, 1.54) is 6.42 Å². The molecule has 1 saturated heterocycles. The molecule has 2 rings (SSSR count). The van der Waals surface area contributed by atoms with Gasteiger partial charge in [-0.15, -0.1) is 0 Å². The van der Waals surface area contributed by atoms with Gasteiger partial charge in [0.1, 0.15) is 5.76 Å². The Morgan fingerprint density at radius 3 is 3.17 bits per heavy atom. The van der Waals surface area contributed by atoms with E-state index in [1.807, 2.05) is 4.90 Å². The van der Waals surface area contributed by atoms with Crippen molar-refractivity contribution in [3.63, 3.8) is 0 Å². The van der Waals surface area contributed by atoms with Crippen LogP contribution in [0.25, 0.3) is 0 Å². The molecule has 12 heavy (non-hydrogen) atoms. The number of ether oxygens (including phenoxy) is 1. The third-order valence-electron chi connectivity index (χ3n) is 2.62. The molecule has 1 amide bonds. The van der Waals surface area contributed by atoms with Crippen molar-refractivity contribution in [2.45, 2.75) is 25.3 Å². The van der Waals surface area contributed by atoms with Crippen molar-refractivity contribution < 1.29 is 9.53 Å². The number of hydrogen-bond acceptors (Lipinski definition) is 2. The number of nitrogens with zero attached hydrogens (tertiary/aromatic N) is 1. The number of carbonyl (C=O) groups excluding carboxylic acids is 1. The fourth-order valence-electron chi connectivity index (χ4n) is 1.99. The lowest BCUT2D eigenvalue weighted by Crippen LogP contribution is -2.39. The van der Waals surface area contributed by atoms with Gasteiger partial charge in [0, 0.05) is 12.6 Å². The molecule has 0 aromatic carbocycles. The van der Waals surface area contributed by atoms with Gasteiger partial charge >= 0.3 is 0 Å². The average molecular weight is 167 g/mol. The third kappa shape index (κ3) is 1.00. The van der Waals surface area contributed by atoms with Gasteiger partial charge in [-0.3, -0.25) is 4.79 Å². The summed E-state index contributed by atoms with van der Waals surface area (Å²) in [7, 11) is 1.64. The van der Waals surface area contributed by atoms with Gasteiger partial charge < -0.3 is 9.64 Å². The van der Waals surface area contributed by atoms with Crippen molar-refractivity contribution in [3.8, 4) is 0 Å². The Kier molecular flexibility index (Phi) is 1.79. The van der Waals surface area contributed by atoms with E-state index in [0.29, 0.717) is 0 Å². The Balaban J connectivity index is 2.18. The molecule has 0 bridgehead atoms. The van der Waals surface area contributed by atoms with Crippen LogP contribution in [0, 0.1) is 0 Å². The number of hydrogen-bond donors (Lipinski definition) is 0. The van der Waals surface area contributed by atoms with Crippen LogP contribution in [0.2, 0.25) is 0 Å². The maximum absolute atomic E-state index is 11.3. The first-order valence-electron chi connectivity index (χ1n) is 4.39. The highest BCUT2D eigenvalue weighted by Crippen LogP contribution is 2.28. The summed E-state index contributed by atoms with van der Waals surface area (Å²) in [5.41, 5.74) is 0. The van der Waals surface area contributed by atoms with Crippen LogP contribution in [0.5, 0.6) is 0 Å². The summed E-state index contributed by atoms with van der Waals surface area (Å²) in [6.07, 6.45) is 5.02. The number of piperidine rings is 1. The Morgan fingerprint density at radius 2 is 2.42 bits per heavy atom. The Hall–Kier alpha value is -0.990. The first kappa shape index (κ1) is 7.65. The monoisotopic (exact) mass is 167 g/mol. The van der Waals surface area contributed by atoms with Crippen LogP contribution in [-0.2, 0) is 9.53 Å². The van der Waals surface area contributed by atoms with Gasteiger partial charge in [-0.05, 0) is 19.3 Å². The van der Waals surface area contributed by atoms with Crippen molar-refractivity contribution in [1.82, 2.24) is 4.90 Å². The molecule has 0 saturated carbocycles. The molecule has 0 radical (unpaired) electrons. The minimum absolute atomic E-state index is 0.122. The molecule has 2 aliphatic rings. The molecule has 3 nitrogen and oxygen atoms in total. The molecule has 0 aliphatic carbocycles. The summed E-state index contributed by atoms with van der Waals surface area (Å²) in [4.78, 5) is 13.3. The van der Waals surface area contributed by atoms with Gasteiger partial charge in [0.05, 0.1) is 13.2 Å². The largest absolute Gasteiger partial charge is 0.499 e. The quantitative estimate of drug-likeness (QED) is 0.581. The molecular weight excluding hydrogens is 154 g/mol. The van der Waals surface area contributed by atoms with Gasteiger partial charge in [-0.2, -0.15) is 0 Å². The molecule has 0 aromatic heterocycles. The number of amides is 1. The molecule has 1 fully saturated rings. The predicted molar refractivity (Wildman–Crippen MR) is 44.4 cm³/mol. The zero-order valence-corrected chi connectivity index (χ0v) is 7.25. The lowest BCUT2D eigenvalue weighted by Gasteiger charge is -2.30. The number of rotatable bonds is 1. The van der Waals surface area contributed by atoms with Gasteiger partial charge in [0.15, 0.2) is 0 Å². The Morgan fingerprint density at radius 1 is 1.58 bits per heavy atom. The summed E-state index contributed by atoms with van der Waals surface area (Å²) < 4.78 is 5.15. The molecular formula is C9H13NO2. The molecule has 1 atom stereocenters. The Labute approximate surface area is 72.0 Å². The average Bonchev–Trinajstić information content (AvgIpc) is 2.44. The van der Waals surface area contributed by atoms with Gasteiger partial charge in [0.2, 0.25) is 0 Å². The van der Waals surface area contributed by atoms with E-state index in [4.69, 9.17) is 4.74 Å². The van der Waals surface area contributed by atoms with E-state index in [9.17, 15) is 4.79 Å². The topological polar surface area (TPSA) is 29.5 Å².